The van der Waals surface area contributed by atoms with Gasteiger partial charge in [-0.3, -0.25) is 0 Å². The number of rotatable bonds is 6. The van der Waals surface area contributed by atoms with Crippen LogP contribution in [0.15, 0.2) is 47.4 Å². The number of carboxylic acids is 1. The highest BCUT2D eigenvalue weighted by Crippen LogP contribution is 2.42. The largest absolute Gasteiger partial charge is 0.489 e. The van der Waals surface area contributed by atoms with Crippen LogP contribution < -0.4 is 10.5 Å². The van der Waals surface area contributed by atoms with E-state index in [-0.39, 0.29) is 30.3 Å². The van der Waals surface area contributed by atoms with Crippen molar-refractivity contribution in [3.63, 3.8) is 0 Å². The highest BCUT2D eigenvalue weighted by atomic mass is 32.2. The molecule has 1 fully saturated rings. The number of halogens is 1. The summed E-state index contributed by atoms with van der Waals surface area (Å²) in [6.07, 6.45) is -0.320. The fourth-order valence-electron chi connectivity index (χ4n) is 4.37. The number of sulfone groups is 1. The molecular formula is C23H27FN2O7S. The summed E-state index contributed by atoms with van der Waals surface area (Å²) in [5.41, 5.74) is 2.19. The Bertz CT molecular complexity index is 1210. The summed E-state index contributed by atoms with van der Waals surface area (Å²) in [5.74, 6) is -1.78. The molecule has 2 amide bonds. The SMILES string of the molecule is Cc1cc(F)ccc1COc1ccc(S(=O)(=O)C2CCN(C(N)=O)C(C)(C)C2(O)C(=O)O)cc1. The van der Waals surface area contributed by atoms with E-state index < -0.39 is 38.2 Å². The first-order chi connectivity index (χ1) is 15.7. The van der Waals surface area contributed by atoms with Crippen molar-refractivity contribution < 1.29 is 37.3 Å². The molecule has 0 spiro atoms. The Hall–Kier alpha value is -3.18. The van der Waals surface area contributed by atoms with Gasteiger partial charge >= 0.3 is 12.0 Å². The first-order valence-corrected chi connectivity index (χ1v) is 12.0. The van der Waals surface area contributed by atoms with E-state index in [9.17, 15) is 32.6 Å². The molecular weight excluding hydrogens is 467 g/mol. The lowest BCUT2D eigenvalue weighted by Crippen LogP contribution is -2.75. The predicted molar refractivity (Wildman–Crippen MR) is 120 cm³/mol. The second-order valence-corrected chi connectivity index (χ2v) is 10.9. The average Bonchev–Trinajstić information content (AvgIpc) is 2.74. The molecule has 0 bridgehead atoms. The average molecular weight is 495 g/mol. The van der Waals surface area contributed by atoms with Gasteiger partial charge in [-0.05, 0) is 74.7 Å². The number of ether oxygens (including phenoxy) is 1. The zero-order valence-electron chi connectivity index (χ0n) is 19.0. The number of benzene rings is 2. The number of urea groups is 1. The maximum absolute atomic E-state index is 13.4. The monoisotopic (exact) mass is 494 g/mol. The molecule has 0 saturated carbocycles. The molecule has 11 heteroatoms. The number of piperidine rings is 1. The molecule has 34 heavy (non-hydrogen) atoms. The van der Waals surface area contributed by atoms with E-state index >= 15 is 0 Å². The second-order valence-electron chi connectivity index (χ2n) is 8.77. The Balaban J connectivity index is 1.87. The maximum Gasteiger partial charge on any atom is 0.339 e. The van der Waals surface area contributed by atoms with E-state index in [1.54, 1.807) is 13.0 Å². The molecule has 2 unspecified atom stereocenters. The molecule has 0 aromatic heterocycles. The fraction of sp³-hybridized carbons (Fsp3) is 0.391. The van der Waals surface area contributed by atoms with Crippen molar-refractivity contribution in [2.75, 3.05) is 6.54 Å². The molecule has 1 heterocycles. The number of aryl methyl sites for hydroxylation is 1. The Labute approximate surface area is 196 Å². The van der Waals surface area contributed by atoms with Gasteiger partial charge in [-0.25, -0.2) is 22.4 Å². The van der Waals surface area contributed by atoms with Gasteiger partial charge in [0.1, 0.15) is 23.4 Å². The van der Waals surface area contributed by atoms with Gasteiger partial charge in [0.15, 0.2) is 9.84 Å². The van der Waals surface area contributed by atoms with Crippen molar-refractivity contribution in [1.82, 2.24) is 4.90 Å². The van der Waals surface area contributed by atoms with Crippen molar-refractivity contribution in [3.8, 4) is 5.75 Å². The number of nitrogens with zero attached hydrogens (tertiary/aromatic N) is 1. The lowest BCUT2D eigenvalue weighted by Gasteiger charge is -2.53. The Morgan fingerprint density at radius 1 is 1.21 bits per heavy atom. The summed E-state index contributed by atoms with van der Waals surface area (Å²) < 4.78 is 45.7. The quantitative estimate of drug-likeness (QED) is 0.558. The number of aliphatic carboxylic acids is 1. The molecule has 9 nitrogen and oxygen atoms in total. The number of likely N-dealkylation sites (tertiary alicyclic amines) is 1. The van der Waals surface area contributed by atoms with Crippen LogP contribution in [0.1, 0.15) is 31.4 Å². The van der Waals surface area contributed by atoms with Crippen LogP contribution >= 0.6 is 0 Å². The number of aliphatic hydroxyl groups is 1. The zero-order chi connectivity index (χ0) is 25.5. The number of carbonyl (C=O) groups excluding carboxylic acids is 1. The number of carboxylic acid groups (broad SMARTS) is 1. The van der Waals surface area contributed by atoms with Crippen molar-refractivity contribution in [3.05, 3.63) is 59.4 Å². The summed E-state index contributed by atoms with van der Waals surface area (Å²) >= 11 is 0. The van der Waals surface area contributed by atoms with Crippen LogP contribution in [0, 0.1) is 12.7 Å². The normalized spacial score (nSPS) is 22.3. The lowest BCUT2D eigenvalue weighted by atomic mass is 9.74. The van der Waals surface area contributed by atoms with Gasteiger partial charge in [-0.2, -0.15) is 0 Å². The van der Waals surface area contributed by atoms with Gasteiger partial charge in [0.25, 0.3) is 0 Å². The minimum atomic E-state index is -4.34. The van der Waals surface area contributed by atoms with Crippen LogP contribution in [-0.2, 0) is 21.2 Å². The number of hydrogen-bond donors (Lipinski definition) is 3. The molecule has 4 N–H and O–H groups in total. The van der Waals surface area contributed by atoms with Crippen LogP contribution in [0.2, 0.25) is 0 Å². The van der Waals surface area contributed by atoms with Gasteiger partial charge in [-0.15, -0.1) is 0 Å². The molecule has 2 aromatic carbocycles. The van der Waals surface area contributed by atoms with Crippen molar-refractivity contribution in [2.45, 2.75) is 55.1 Å². The molecule has 2 atom stereocenters. The first kappa shape index (κ1) is 25.4. The fourth-order valence-corrected chi connectivity index (χ4v) is 6.47. The van der Waals surface area contributed by atoms with Gasteiger partial charge in [0, 0.05) is 6.54 Å². The smallest absolute Gasteiger partial charge is 0.339 e. The predicted octanol–water partition coefficient (Wildman–Crippen LogP) is 2.23. The summed E-state index contributed by atoms with van der Waals surface area (Å²) in [5, 5.41) is 19.3. The molecule has 1 saturated heterocycles. The van der Waals surface area contributed by atoms with E-state index in [1.807, 2.05) is 0 Å². The third-order valence-electron chi connectivity index (χ3n) is 6.51. The molecule has 1 aliphatic heterocycles. The van der Waals surface area contributed by atoms with E-state index in [0.717, 1.165) is 10.5 Å². The highest BCUT2D eigenvalue weighted by Gasteiger charge is 2.65. The number of hydrogen-bond acceptors (Lipinski definition) is 6. The topological polar surface area (TPSA) is 147 Å². The number of amides is 2. The highest BCUT2D eigenvalue weighted by molar-refractivity contribution is 7.92. The molecule has 0 aliphatic carbocycles. The Morgan fingerprint density at radius 3 is 2.35 bits per heavy atom. The molecule has 1 aliphatic rings. The summed E-state index contributed by atoms with van der Waals surface area (Å²) in [7, 11) is -4.34. The maximum atomic E-state index is 13.4. The minimum Gasteiger partial charge on any atom is -0.489 e. The van der Waals surface area contributed by atoms with Crippen LogP contribution in [0.5, 0.6) is 5.75 Å². The van der Waals surface area contributed by atoms with Gasteiger partial charge < -0.3 is 25.6 Å². The van der Waals surface area contributed by atoms with E-state index in [4.69, 9.17) is 10.5 Å². The second kappa shape index (κ2) is 8.88. The van der Waals surface area contributed by atoms with E-state index in [0.29, 0.717) is 11.3 Å². The minimum absolute atomic E-state index is 0.136. The summed E-state index contributed by atoms with van der Waals surface area (Å²) in [4.78, 5) is 24.7. The third kappa shape index (κ3) is 4.21. The van der Waals surface area contributed by atoms with Crippen LogP contribution in [0.4, 0.5) is 9.18 Å². The summed E-state index contributed by atoms with van der Waals surface area (Å²) in [6.45, 7) is 4.27. The van der Waals surface area contributed by atoms with Crippen LogP contribution in [0.3, 0.4) is 0 Å². The number of carbonyl (C=O) groups is 2. The van der Waals surface area contributed by atoms with Crippen LogP contribution in [-0.4, -0.2) is 58.5 Å². The van der Waals surface area contributed by atoms with Gasteiger partial charge in [0.05, 0.1) is 10.4 Å². The number of primary amides is 1. The van der Waals surface area contributed by atoms with Crippen molar-refractivity contribution in [2.24, 2.45) is 5.73 Å². The van der Waals surface area contributed by atoms with E-state index in [2.05, 4.69) is 0 Å². The Kier molecular flexibility index (Phi) is 6.64. The van der Waals surface area contributed by atoms with E-state index in [1.165, 1.54) is 50.2 Å². The van der Waals surface area contributed by atoms with Crippen LogP contribution in [0.25, 0.3) is 0 Å². The summed E-state index contributed by atoms with van der Waals surface area (Å²) in [6, 6.07) is 8.67. The van der Waals surface area contributed by atoms with Crippen molar-refractivity contribution in [1.29, 1.82) is 0 Å². The first-order valence-electron chi connectivity index (χ1n) is 10.5. The third-order valence-corrected chi connectivity index (χ3v) is 8.76. The molecule has 3 rings (SSSR count). The molecule has 2 aromatic rings. The van der Waals surface area contributed by atoms with Crippen molar-refractivity contribution >= 4 is 21.8 Å². The van der Waals surface area contributed by atoms with Gasteiger partial charge in [0.2, 0.25) is 5.60 Å². The molecule has 0 radical (unpaired) electrons. The zero-order valence-corrected chi connectivity index (χ0v) is 19.8. The standard InChI is InChI=1S/C23H27FN2O7S/c1-14-12-16(24)5-4-15(14)13-33-17-6-8-18(9-7-17)34(31,32)19-10-11-26(21(25)29)22(2,3)23(19,30)20(27)28/h4-9,12,19,30H,10-11,13H2,1-3H3,(H2,25,29)(H,27,28). The Morgan fingerprint density at radius 2 is 1.82 bits per heavy atom. The van der Waals surface area contributed by atoms with Gasteiger partial charge in [-0.1, -0.05) is 6.07 Å². The molecule has 184 valence electrons. The number of nitrogens with two attached hydrogens (primary N) is 1. The lowest BCUT2D eigenvalue weighted by molar-refractivity contribution is -0.179.